The van der Waals surface area contributed by atoms with E-state index in [1.165, 1.54) is 44.3 Å². The molecule has 8 atom stereocenters. The first-order valence-corrected chi connectivity index (χ1v) is 21.0. The van der Waals surface area contributed by atoms with Gasteiger partial charge in [-0.1, -0.05) is 49.3 Å². The number of carbonyl (C=O) groups excluding carboxylic acids is 4. The number of rotatable bonds is 4. The molecule has 10 bridgehead atoms. The van der Waals surface area contributed by atoms with E-state index < -0.39 is 60.3 Å². The van der Waals surface area contributed by atoms with E-state index in [0.717, 1.165) is 0 Å². The molecule has 270 valence electrons. The molecule has 0 aromatic carbocycles. The first-order valence-electron chi connectivity index (χ1n) is 16.7. The van der Waals surface area contributed by atoms with Crippen molar-refractivity contribution >= 4 is 79.7 Å². The van der Waals surface area contributed by atoms with E-state index >= 15 is 0 Å². The number of hydrogen-bond acceptors (Lipinski definition) is 14. The zero-order chi connectivity index (χ0) is 35.7. The van der Waals surface area contributed by atoms with Gasteiger partial charge < -0.3 is 30.7 Å². The molecule has 50 heavy (non-hydrogen) atoms. The SMILES string of the molecule is CC(C)CC1NC(=O)[C@H]2N=C(O[C@@H]2C)[C@H]2CSSC[C@@H](NC(=O)c3csc1n3)C1=N[C@H](C(=O)N[C@H](CC(C)C)c3nc(cs3)C(=O)N2)[C@@H](C)O1. The molecule has 6 rings (SSSR count). The highest BCUT2D eigenvalue weighted by Gasteiger charge is 2.41. The highest BCUT2D eigenvalue weighted by Crippen LogP contribution is 2.31. The van der Waals surface area contributed by atoms with Crippen LogP contribution in [0.15, 0.2) is 20.7 Å². The minimum atomic E-state index is -0.847. The Morgan fingerprint density at radius 1 is 0.680 bits per heavy atom. The zero-order valence-electron chi connectivity index (χ0n) is 28.6. The Labute approximate surface area is 306 Å². The van der Waals surface area contributed by atoms with E-state index in [-0.39, 0.29) is 46.8 Å². The van der Waals surface area contributed by atoms with Crippen LogP contribution < -0.4 is 21.3 Å². The molecule has 4 N–H and O–H groups in total. The average molecular weight is 763 g/mol. The second-order valence-electron chi connectivity index (χ2n) is 13.6. The monoisotopic (exact) mass is 762 g/mol. The maximum absolute atomic E-state index is 13.7. The Morgan fingerprint density at radius 3 is 1.46 bits per heavy atom. The van der Waals surface area contributed by atoms with Gasteiger partial charge in [0.15, 0.2) is 12.1 Å². The molecule has 14 nitrogen and oxygen atoms in total. The van der Waals surface area contributed by atoms with E-state index in [1.807, 2.05) is 27.7 Å². The molecule has 0 radical (unpaired) electrons. The number of aromatic nitrogens is 2. The molecule has 0 saturated heterocycles. The number of nitrogens with one attached hydrogen (secondary N) is 4. The largest absolute Gasteiger partial charge is 0.474 e. The van der Waals surface area contributed by atoms with Crippen LogP contribution in [0.1, 0.15) is 97.5 Å². The minimum absolute atomic E-state index is 0.208. The normalized spacial score (nSPS) is 30.6. The lowest BCUT2D eigenvalue weighted by molar-refractivity contribution is -0.125. The van der Waals surface area contributed by atoms with Crippen molar-refractivity contribution in [3.05, 3.63) is 32.2 Å². The van der Waals surface area contributed by atoms with E-state index in [0.29, 0.717) is 34.4 Å². The van der Waals surface area contributed by atoms with Crippen molar-refractivity contribution in [1.29, 1.82) is 0 Å². The van der Waals surface area contributed by atoms with E-state index in [4.69, 9.17) is 19.5 Å². The third kappa shape index (κ3) is 8.29. The van der Waals surface area contributed by atoms with Gasteiger partial charge in [0.05, 0.1) is 12.1 Å². The van der Waals surface area contributed by atoms with Crippen LogP contribution in [-0.4, -0.2) is 93.3 Å². The Hall–Kier alpha value is -3.22. The van der Waals surface area contributed by atoms with Gasteiger partial charge in [0.25, 0.3) is 11.8 Å². The van der Waals surface area contributed by atoms with Crippen molar-refractivity contribution < 1.29 is 28.7 Å². The van der Waals surface area contributed by atoms with Gasteiger partial charge in [0.1, 0.15) is 45.7 Å². The van der Waals surface area contributed by atoms with E-state index in [1.54, 1.807) is 24.6 Å². The lowest BCUT2D eigenvalue weighted by Crippen LogP contribution is -2.44. The van der Waals surface area contributed by atoms with Crippen LogP contribution in [-0.2, 0) is 19.1 Å². The fourth-order valence-electron chi connectivity index (χ4n) is 5.99. The van der Waals surface area contributed by atoms with Gasteiger partial charge >= 0.3 is 0 Å². The van der Waals surface area contributed by atoms with Crippen LogP contribution in [0.4, 0.5) is 0 Å². The van der Waals surface area contributed by atoms with E-state index in [9.17, 15) is 19.2 Å². The number of fused-ring (bicyclic) bond motifs is 13. The summed E-state index contributed by atoms with van der Waals surface area (Å²) in [6.07, 6.45) is 0.0196. The maximum atomic E-state index is 13.7. The van der Waals surface area contributed by atoms with Crippen molar-refractivity contribution in [3.8, 4) is 0 Å². The summed E-state index contributed by atoms with van der Waals surface area (Å²) in [4.78, 5) is 73.5. The molecule has 0 saturated carbocycles. The lowest BCUT2D eigenvalue weighted by Gasteiger charge is -2.22. The van der Waals surface area contributed by atoms with Crippen LogP contribution in [0.2, 0.25) is 0 Å². The summed E-state index contributed by atoms with van der Waals surface area (Å²) in [5, 5.41) is 16.8. The third-order valence-electron chi connectivity index (χ3n) is 8.48. The summed E-state index contributed by atoms with van der Waals surface area (Å²) in [7, 11) is 2.86. The fourth-order valence-corrected chi connectivity index (χ4v) is 10.0. The fraction of sp³-hybridized carbons (Fsp3) is 0.625. The van der Waals surface area contributed by atoms with Gasteiger partial charge in [-0.2, -0.15) is 0 Å². The standard InChI is InChI=1S/C32H42N8O6S4/c1-13(2)7-17-31-37-19(9-47-31)25(41)35-22-12-50-49-11-21(29-39-23(15(5)45-29)27(43)33-17)36-26(42)20-10-48-32(38-20)18(8-14(3)4)34-28(44)24-16(6)46-30(22)40-24/h9-10,13-18,21-24H,7-8,11-12H2,1-6H3,(H,33,43)(H,34,44)(H,35,41)(H,36,42)/t15-,16-,17-,18?,21-,22-,23+,24+/m1/s1. The molecule has 4 aliphatic rings. The molecule has 1 unspecified atom stereocenters. The third-order valence-corrected chi connectivity index (χ3v) is 12.8. The number of amides is 4. The Bertz CT molecular complexity index is 1560. The predicted octanol–water partition coefficient (Wildman–Crippen LogP) is 3.68. The van der Waals surface area contributed by atoms with Gasteiger partial charge in [0.2, 0.25) is 23.6 Å². The second kappa shape index (κ2) is 15.6. The summed E-state index contributed by atoms with van der Waals surface area (Å²) >= 11 is 2.59. The smallest absolute Gasteiger partial charge is 0.271 e. The molecule has 18 heteroatoms. The van der Waals surface area contributed by atoms with Crippen LogP contribution in [0, 0.1) is 11.8 Å². The molecule has 0 fully saturated rings. The topological polar surface area (TPSA) is 185 Å². The van der Waals surface area contributed by atoms with Crippen molar-refractivity contribution in [2.24, 2.45) is 21.8 Å². The molecule has 6 heterocycles. The highest BCUT2D eigenvalue weighted by molar-refractivity contribution is 8.76. The Morgan fingerprint density at radius 2 is 1.08 bits per heavy atom. The van der Waals surface area contributed by atoms with Crippen molar-refractivity contribution in [1.82, 2.24) is 31.2 Å². The van der Waals surface area contributed by atoms with Gasteiger partial charge in [-0.15, -0.1) is 22.7 Å². The van der Waals surface area contributed by atoms with E-state index in [2.05, 4.69) is 31.2 Å². The molecule has 2 aromatic heterocycles. The van der Waals surface area contributed by atoms with Crippen LogP contribution in [0.5, 0.6) is 0 Å². The lowest BCUT2D eigenvalue weighted by atomic mass is 10.0. The summed E-state index contributed by atoms with van der Waals surface area (Å²) in [5.74, 6) is 0.109. The number of nitrogens with zero attached hydrogens (tertiary/aromatic N) is 4. The average Bonchev–Trinajstić information content (AvgIpc) is 3.86. The Balaban J connectivity index is 1.42. The Kier molecular flexibility index (Phi) is 11.4. The molecule has 4 amide bonds. The summed E-state index contributed by atoms with van der Waals surface area (Å²) in [6.45, 7) is 11.8. The first-order chi connectivity index (χ1) is 23.9. The molecule has 0 aliphatic carbocycles. The second-order valence-corrected chi connectivity index (χ2v) is 17.9. The van der Waals surface area contributed by atoms with Crippen molar-refractivity contribution in [2.45, 2.75) is 103 Å². The molecule has 0 spiro atoms. The number of thiazole rings is 2. The number of carbonyl (C=O) groups is 4. The molecular formula is C32H42N8O6S4. The first kappa shape index (κ1) is 36.6. The van der Waals surface area contributed by atoms with Crippen molar-refractivity contribution in [3.63, 3.8) is 0 Å². The van der Waals surface area contributed by atoms with Gasteiger partial charge in [-0.3, -0.25) is 19.2 Å². The van der Waals surface area contributed by atoms with Gasteiger partial charge in [-0.25, -0.2) is 20.0 Å². The highest BCUT2D eigenvalue weighted by atomic mass is 33.1. The van der Waals surface area contributed by atoms with Gasteiger partial charge in [-0.05, 0) is 38.5 Å². The maximum Gasteiger partial charge on any atom is 0.271 e. The van der Waals surface area contributed by atoms with Crippen LogP contribution in [0.25, 0.3) is 0 Å². The zero-order valence-corrected chi connectivity index (χ0v) is 31.9. The number of aliphatic imine (C=N–C) groups is 2. The molecule has 4 aliphatic heterocycles. The van der Waals surface area contributed by atoms with Crippen molar-refractivity contribution in [2.75, 3.05) is 11.5 Å². The predicted molar refractivity (Wildman–Crippen MR) is 196 cm³/mol. The summed E-state index contributed by atoms with van der Waals surface area (Å²) in [5.41, 5.74) is 0.415. The van der Waals surface area contributed by atoms with Crippen LogP contribution >= 0.6 is 44.3 Å². The van der Waals surface area contributed by atoms with Gasteiger partial charge in [0, 0.05) is 22.3 Å². The number of hydrogen-bond donors (Lipinski definition) is 4. The summed E-state index contributed by atoms with van der Waals surface area (Å²) in [6, 6.07) is -3.99. The minimum Gasteiger partial charge on any atom is -0.474 e. The van der Waals surface area contributed by atoms with Crippen LogP contribution in [0.3, 0.4) is 0 Å². The molecule has 2 aromatic rings. The molecular weight excluding hydrogens is 721 g/mol. The quantitative estimate of drug-likeness (QED) is 0.335. The summed E-state index contributed by atoms with van der Waals surface area (Å²) < 4.78 is 12.3. The number of ether oxygens (including phenoxy) is 2.